The lowest BCUT2D eigenvalue weighted by molar-refractivity contribution is -0.166. The first-order chi connectivity index (χ1) is 15.1. The average Bonchev–Trinajstić information content (AvgIpc) is 3.60. The lowest BCUT2D eigenvalue weighted by Gasteiger charge is -2.58. The molecule has 0 unspecified atom stereocenters. The van der Waals surface area contributed by atoms with E-state index < -0.39 is 0 Å². The monoisotopic (exact) mass is 415 g/mol. The number of benzene rings is 1. The number of rotatable bonds is 4. The fraction of sp³-hybridized carbons (Fsp3) is 0.400. The Morgan fingerprint density at radius 1 is 1.19 bits per heavy atom. The number of fused-ring (bicyclic) bond motifs is 1. The first kappa shape index (κ1) is 19.8. The third kappa shape index (κ3) is 3.94. The van der Waals surface area contributed by atoms with Crippen LogP contribution in [-0.2, 0) is 16.0 Å². The number of pyridine rings is 1. The Kier molecular flexibility index (Phi) is 5.21. The van der Waals surface area contributed by atoms with Crippen LogP contribution in [0.15, 0.2) is 48.8 Å². The molecule has 1 aliphatic carbocycles. The van der Waals surface area contributed by atoms with E-state index in [-0.39, 0.29) is 49.4 Å². The minimum absolute atomic E-state index is 0.00776. The van der Waals surface area contributed by atoms with Crippen LogP contribution in [0.2, 0.25) is 0 Å². The fourth-order valence-corrected chi connectivity index (χ4v) is 4.68. The number of hydrogen-bond donors (Lipinski definition) is 1. The van der Waals surface area contributed by atoms with Gasteiger partial charge in [0.25, 0.3) is 0 Å². The third-order valence-corrected chi connectivity index (χ3v) is 6.48. The van der Waals surface area contributed by atoms with Gasteiger partial charge in [0.15, 0.2) is 0 Å². The van der Waals surface area contributed by atoms with Crippen LogP contribution in [0, 0.1) is 17.8 Å². The normalized spacial score (nSPS) is 24.7. The lowest BCUT2D eigenvalue weighted by atomic mass is 9.73. The van der Waals surface area contributed by atoms with E-state index in [0.29, 0.717) is 12.5 Å². The maximum absolute atomic E-state index is 12.8. The molecule has 0 spiro atoms. The fourth-order valence-electron chi connectivity index (χ4n) is 4.68. The van der Waals surface area contributed by atoms with Crippen molar-refractivity contribution in [2.75, 3.05) is 19.7 Å². The Labute approximate surface area is 181 Å². The van der Waals surface area contributed by atoms with E-state index >= 15 is 0 Å². The van der Waals surface area contributed by atoms with Gasteiger partial charge in [0.05, 0.1) is 31.7 Å². The zero-order valence-electron chi connectivity index (χ0n) is 17.3. The summed E-state index contributed by atoms with van der Waals surface area (Å²) in [5.74, 6) is 6.88. The van der Waals surface area contributed by atoms with E-state index in [1.165, 1.54) is 12.8 Å². The van der Waals surface area contributed by atoms with E-state index in [1.807, 2.05) is 30.3 Å². The Morgan fingerprint density at radius 3 is 2.68 bits per heavy atom. The summed E-state index contributed by atoms with van der Waals surface area (Å²) in [5.41, 5.74) is 2.90. The van der Waals surface area contributed by atoms with Crippen LogP contribution in [0.3, 0.4) is 0 Å². The molecular formula is C25H25N3O3. The second kappa shape index (κ2) is 8.16. The Bertz CT molecular complexity index is 1040. The van der Waals surface area contributed by atoms with Gasteiger partial charge in [-0.05, 0) is 42.2 Å². The molecule has 3 atom stereocenters. The van der Waals surface area contributed by atoms with Gasteiger partial charge in [-0.15, -0.1) is 0 Å². The van der Waals surface area contributed by atoms with Crippen molar-refractivity contribution in [3.8, 4) is 11.8 Å². The van der Waals surface area contributed by atoms with Gasteiger partial charge in [0, 0.05) is 36.3 Å². The van der Waals surface area contributed by atoms with E-state index in [9.17, 15) is 14.7 Å². The molecule has 2 aliphatic heterocycles. The van der Waals surface area contributed by atoms with E-state index in [0.717, 1.165) is 16.7 Å². The van der Waals surface area contributed by atoms with Gasteiger partial charge in [-0.3, -0.25) is 14.6 Å². The van der Waals surface area contributed by atoms with Gasteiger partial charge in [-0.1, -0.05) is 30.0 Å². The minimum atomic E-state index is -0.239. The molecule has 158 valence electrons. The molecule has 6 nitrogen and oxygen atoms in total. The summed E-state index contributed by atoms with van der Waals surface area (Å²) in [6.07, 6.45) is 5.99. The summed E-state index contributed by atoms with van der Waals surface area (Å²) < 4.78 is 0. The Morgan fingerprint density at radius 2 is 2.00 bits per heavy atom. The molecule has 0 bridgehead atoms. The molecule has 0 radical (unpaired) electrons. The topological polar surface area (TPSA) is 73.7 Å². The lowest BCUT2D eigenvalue weighted by Crippen LogP contribution is -2.73. The maximum atomic E-state index is 12.8. The van der Waals surface area contributed by atoms with E-state index in [2.05, 4.69) is 16.8 Å². The molecule has 3 fully saturated rings. The van der Waals surface area contributed by atoms with Gasteiger partial charge in [-0.2, -0.15) is 0 Å². The SMILES string of the molecule is O=C(Cc1cccnc1)N1CC(=O)N2[C@H](CO)[C@H](c3ccc(C#CC4CC4)cc3)[C@@H]2C1. The van der Waals surface area contributed by atoms with Crippen LogP contribution in [-0.4, -0.2) is 63.5 Å². The standard InChI is InChI=1S/C25H25N3O3/c29-16-22-25(20-9-7-18(8-10-20)6-5-17-3-4-17)21-14-27(15-24(31)28(21)22)23(30)12-19-2-1-11-26-13-19/h1-2,7-11,13,17,21-22,25,29H,3-4,12,14-16H2/t21-,22+,25+/m0/s1. The van der Waals surface area contributed by atoms with Gasteiger partial charge < -0.3 is 14.9 Å². The smallest absolute Gasteiger partial charge is 0.242 e. The molecule has 31 heavy (non-hydrogen) atoms. The predicted octanol–water partition coefficient (Wildman–Crippen LogP) is 1.58. The maximum Gasteiger partial charge on any atom is 0.242 e. The third-order valence-electron chi connectivity index (χ3n) is 6.48. The van der Waals surface area contributed by atoms with Crippen LogP contribution >= 0.6 is 0 Å². The molecular weight excluding hydrogens is 390 g/mol. The highest BCUT2D eigenvalue weighted by molar-refractivity contribution is 5.88. The molecule has 2 amide bonds. The van der Waals surface area contributed by atoms with Crippen molar-refractivity contribution >= 4 is 11.8 Å². The highest BCUT2D eigenvalue weighted by Crippen LogP contribution is 2.43. The zero-order chi connectivity index (χ0) is 21.4. The summed E-state index contributed by atoms with van der Waals surface area (Å²) >= 11 is 0. The second-order valence-corrected chi connectivity index (χ2v) is 8.62. The van der Waals surface area contributed by atoms with Crippen LogP contribution in [0.4, 0.5) is 0 Å². The van der Waals surface area contributed by atoms with Gasteiger partial charge in [-0.25, -0.2) is 0 Å². The first-order valence-corrected chi connectivity index (χ1v) is 10.8. The molecule has 1 aromatic heterocycles. The van der Waals surface area contributed by atoms with Crippen LogP contribution in [0.25, 0.3) is 0 Å². The molecule has 3 heterocycles. The Balaban J connectivity index is 1.31. The number of carbonyl (C=O) groups excluding carboxylic acids is 2. The van der Waals surface area contributed by atoms with Crippen molar-refractivity contribution in [2.24, 2.45) is 5.92 Å². The van der Waals surface area contributed by atoms with Gasteiger partial charge in [0.2, 0.25) is 11.8 Å². The van der Waals surface area contributed by atoms with Crippen molar-refractivity contribution in [3.63, 3.8) is 0 Å². The largest absolute Gasteiger partial charge is 0.394 e. The minimum Gasteiger partial charge on any atom is -0.394 e. The number of aromatic nitrogens is 1. The van der Waals surface area contributed by atoms with Crippen molar-refractivity contribution in [3.05, 3.63) is 65.5 Å². The highest BCUT2D eigenvalue weighted by Gasteiger charge is 2.54. The van der Waals surface area contributed by atoms with Crippen LogP contribution in [0.1, 0.15) is 35.4 Å². The number of amides is 2. The number of aliphatic hydroxyl groups is 1. The van der Waals surface area contributed by atoms with Crippen molar-refractivity contribution in [2.45, 2.75) is 37.3 Å². The van der Waals surface area contributed by atoms with E-state index in [4.69, 9.17) is 0 Å². The van der Waals surface area contributed by atoms with Crippen molar-refractivity contribution < 1.29 is 14.7 Å². The Hall–Kier alpha value is -3.17. The molecule has 5 rings (SSSR count). The van der Waals surface area contributed by atoms with Gasteiger partial charge >= 0.3 is 0 Å². The van der Waals surface area contributed by atoms with Crippen molar-refractivity contribution in [1.82, 2.24) is 14.8 Å². The first-order valence-electron chi connectivity index (χ1n) is 10.8. The molecule has 6 heteroatoms. The number of piperazine rings is 1. The number of nitrogens with zero attached hydrogens (tertiary/aromatic N) is 3. The molecule has 1 aromatic carbocycles. The molecule has 1 saturated carbocycles. The van der Waals surface area contributed by atoms with E-state index in [1.54, 1.807) is 28.3 Å². The molecule has 3 aliphatic rings. The summed E-state index contributed by atoms with van der Waals surface area (Å²) in [5, 5.41) is 9.95. The predicted molar refractivity (Wildman–Crippen MR) is 115 cm³/mol. The van der Waals surface area contributed by atoms with Crippen LogP contribution < -0.4 is 0 Å². The number of hydrogen-bond acceptors (Lipinski definition) is 4. The summed E-state index contributed by atoms with van der Waals surface area (Å²) in [7, 11) is 0. The molecule has 2 saturated heterocycles. The van der Waals surface area contributed by atoms with Gasteiger partial charge in [0.1, 0.15) is 0 Å². The second-order valence-electron chi connectivity index (χ2n) is 8.62. The molecule has 1 N–H and O–H groups in total. The quantitative estimate of drug-likeness (QED) is 0.770. The molecule has 2 aromatic rings. The average molecular weight is 415 g/mol. The summed E-state index contributed by atoms with van der Waals surface area (Å²) in [6.45, 7) is 0.462. The summed E-state index contributed by atoms with van der Waals surface area (Å²) in [6, 6.07) is 11.4. The zero-order valence-corrected chi connectivity index (χ0v) is 17.3. The van der Waals surface area contributed by atoms with Crippen LogP contribution in [0.5, 0.6) is 0 Å². The van der Waals surface area contributed by atoms with Crippen molar-refractivity contribution in [1.29, 1.82) is 0 Å². The highest BCUT2D eigenvalue weighted by atomic mass is 16.3. The summed E-state index contributed by atoms with van der Waals surface area (Å²) in [4.78, 5) is 33.1. The number of carbonyl (C=O) groups is 2. The number of aliphatic hydroxyl groups excluding tert-OH is 1.